The first-order chi connectivity index (χ1) is 6.66. The maximum Gasteiger partial charge on any atom is 0.500 e. The molecule has 7 heteroatoms. The van der Waals surface area contributed by atoms with Gasteiger partial charge >= 0.3 is 8.80 Å². The van der Waals surface area contributed by atoms with E-state index in [1.165, 1.54) is 0 Å². The third-order valence-electron chi connectivity index (χ3n) is 1.62. The third kappa shape index (κ3) is 7.28. The predicted molar refractivity (Wildman–Crippen MR) is 60.6 cm³/mol. The first kappa shape index (κ1) is 16.3. The second-order valence-corrected chi connectivity index (χ2v) is 5.58. The van der Waals surface area contributed by atoms with Crippen molar-refractivity contribution in [2.75, 3.05) is 27.9 Å². The van der Waals surface area contributed by atoms with Crippen molar-refractivity contribution in [3.63, 3.8) is 0 Å². The van der Waals surface area contributed by atoms with E-state index in [0.717, 1.165) is 12.5 Å². The van der Waals surface area contributed by atoms with E-state index in [1.807, 2.05) is 0 Å². The standard InChI is InChI=1S/C6H17NO3Si.CHNS/c1-8-11(9-2,10-3)6-4-5-7;2-1-3/h4-7H2,1-3H3;2H. The van der Waals surface area contributed by atoms with Crippen LogP contribution in [0.3, 0.4) is 0 Å². The summed E-state index contributed by atoms with van der Waals surface area (Å²) in [5.41, 5.74) is 5.36. The minimum absolute atomic E-state index is 0.644. The Labute approximate surface area is 91.4 Å². The van der Waals surface area contributed by atoms with Gasteiger partial charge in [-0.3, -0.25) is 0 Å². The molecule has 0 aromatic heterocycles. The summed E-state index contributed by atoms with van der Waals surface area (Å²) in [5, 5.41) is 7.36. The van der Waals surface area contributed by atoms with E-state index < -0.39 is 8.80 Å². The molecule has 0 fully saturated rings. The molecule has 0 aliphatic heterocycles. The summed E-state index contributed by atoms with van der Waals surface area (Å²) in [5.74, 6) is 0. The summed E-state index contributed by atoms with van der Waals surface area (Å²) < 4.78 is 15.5. The van der Waals surface area contributed by atoms with Crippen LogP contribution in [0.2, 0.25) is 6.04 Å². The van der Waals surface area contributed by atoms with Gasteiger partial charge in [0.05, 0.1) is 5.16 Å². The molecule has 0 radical (unpaired) electrons. The lowest BCUT2D eigenvalue weighted by molar-refractivity contribution is 0.123. The maximum absolute atomic E-state index is 5.77. The highest BCUT2D eigenvalue weighted by atomic mass is 32.1. The fourth-order valence-corrected chi connectivity index (χ4v) is 2.62. The Morgan fingerprint density at radius 3 is 1.86 bits per heavy atom. The smallest absolute Gasteiger partial charge is 0.377 e. The van der Waals surface area contributed by atoms with Crippen LogP contribution in [0.4, 0.5) is 0 Å². The molecule has 0 aromatic carbocycles. The van der Waals surface area contributed by atoms with E-state index in [0.29, 0.717) is 6.54 Å². The second-order valence-electron chi connectivity index (χ2n) is 2.29. The summed E-state index contributed by atoms with van der Waals surface area (Å²) >= 11 is 3.81. The molecule has 0 aliphatic carbocycles. The van der Waals surface area contributed by atoms with E-state index in [2.05, 4.69) is 12.2 Å². The molecular weight excluding hydrogens is 220 g/mol. The number of nitrogens with two attached hydrogens (primary N) is 1. The van der Waals surface area contributed by atoms with Crippen molar-refractivity contribution < 1.29 is 13.3 Å². The monoisotopic (exact) mass is 238 g/mol. The quantitative estimate of drug-likeness (QED) is 0.408. The van der Waals surface area contributed by atoms with Crippen LogP contribution in [0, 0.1) is 5.41 Å². The number of nitrogens with one attached hydrogen (secondary N) is 1. The van der Waals surface area contributed by atoms with Crippen LogP contribution in [-0.2, 0) is 13.3 Å². The van der Waals surface area contributed by atoms with Gasteiger partial charge in [-0.15, -0.1) is 0 Å². The maximum atomic E-state index is 5.77. The lowest BCUT2D eigenvalue weighted by Crippen LogP contribution is -2.42. The normalized spacial score (nSPS) is 10.0. The van der Waals surface area contributed by atoms with Crippen LogP contribution in [0.1, 0.15) is 6.42 Å². The summed E-state index contributed by atoms with van der Waals surface area (Å²) in [6, 6.07) is 0.785. The molecule has 84 valence electrons. The van der Waals surface area contributed by atoms with Crippen molar-refractivity contribution in [2.24, 2.45) is 5.73 Å². The van der Waals surface area contributed by atoms with Crippen LogP contribution >= 0.6 is 12.2 Å². The highest BCUT2D eigenvalue weighted by Crippen LogP contribution is 2.13. The molecule has 0 saturated carbocycles. The lowest BCUT2D eigenvalue weighted by atomic mass is 10.5. The molecule has 0 saturated heterocycles. The summed E-state index contributed by atoms with van der Waals surface area (Å²) in [6.07, 6.45) is 0.877. The van der Waals surface area contributed by atoms with Gasteiger partial charge in [-0.1, -0.05) is 0 Å². The summed E-state index contributed by atoms with van der Waals surface area (Å²) in [7, 11) is 2.50. The molecule has 3 N–H and O–H groups in total. The average molecular weight is 238 g/mol. The van der Waals surface area contributed by atoms with Gasteiger partial charge in [0.2, 0.25) is 0 Å². The molecule has 0 amide bonds. The molecule has 0 bridgehead atoms. The van der Waals surface area contributed by atoms with Gasteiger partial charge in [-0.25, -0.2) is 5.41 Å². The minimum atomic E-state index is -2.32. The Morgan fingerprint density at radius 2 is 1.64 bits per heavy atom. The SMILES string of the molecule is CO[Si](CCCN)(OC)OC.N=C=S. The van der Waals surface area contributed by atoms with Gasteiger partial charge in [0.1, 0.15) is 0 Å². The Bertz CT molecular complexity index is 153. The predicted octanol–water partition coefficient (Wildman–Crippen LogP) is 0.881. The van der Waals surface area contributed by atoms with E-state index in [4.69, 9.17) is 24.4 Å². The van der Waals surface area contributed by atoms with Crippen LogP contribution in [0.25, 0.3) is 0 Å². The molecule has 0 atom stereocenters. The van der Waals surface area contributed by atoms with Crippen molar-refractivity contribution in [3.8, 4) is 0 Å². The van der Waals surface area contributed by atoms with Crippen molar-refractivity contribution in [2.45, 2.75) is 12.5 Å². The van der Waals surface area contributed by atoms with Gasteiger partial charge in [0.25, 0.3) is 0 Å². The highest BCUT2D eigenvalue weighted by Gasteiger charge is 2.36. The van der Waals surface area contributed by atoms with Gasteiger partial charge in [0, 0.05) is 27.4 Å². The molecule has 0 spiro atoms. The van der Waals surface area contributed by atoms with Crippen LogP contribution in [-0.4, -0.2) is 41.8 Å². The molecular formula is C7H18N2O3SSi. The van der Waals surface area contributed by atoms with Crippen LogP contribution in [0.15, 0.2) is 0 Å². The van der Waals surface area contributed by atoms with E-state index in [-0.39, 0.29) is 0 Å². The molecule has 14 heavy (non-hydrogen) atoms. The summed E-state index contributed by atoms with van der Waals surface area (Å²) in [6.45, 7) is 0.644. The molecule has 0 heterocycles. The van der Waals surface area contributed by atoms with Gasteiger partial charge in [-0.2, -0.15) is 0 Å². The number of rotatable bonds is 6. The Morgan fingerprint density at radius 1 is 1.29 bits per heavy atom. The fraction of sp³-hybridized carbons (Fsp3) is 0.857. The average Bonchev–Trinajstić information content (AvgIpc) is 2.22. The number of isothiocyanates is 1. The first-order valence-electron chi connectivity index (χ1n) is 4.05. The van der Waals surface area contributed by atoms with Gasteiger partial charge < -0.3 is 19.0 Å². The first-order valence-corrected chi connectivity index (χ1v) is 6.39. The Balaban J connectivity index is 0. The molecule has 5 nitrogen and oxygen atoms in total. The lowest BCUT2D eigenvalue weighted by Gasteiger charge is -2.23. The van der Waals surface area contributed by atoms with Crippen molar-refractivity contribution in [3.05, 3.63) is 0 Å². The summed E-state index contributed by atoms with van der Waals surface area (Å²) in [4.78, 5) is 0. The highest BCUT2D eigenvalue weighted by molar-refractivity contribution is 7.78. The zero-order valence-corrected chi connectivity index (χ0v) is 10.6. The topological polar surface area (TPSA) is 77.6 Å². The van der Waals surface area contributed by atoms with Crippen LogP contribution < -0.4 is 5.73 Å². The number of thiocarbonyl (C=S) groups is 1. The second kappa shape index (κ2) is 10.9. The van der Waals surface area contributed by atoms with Crippen molar-refractivity contribution >= 4 is 26.2 Å². The zero-order valence-electron chi connectivity index (χ0n) is 8.83. The Kier molecular flexibility index (Phi) is 12.7. The Hall–Kier alpha value is -0.143. The van der Waals surface area contributed by atoms with Gasteiger partial charge in [-0.05, 0) is 25.2 Å². The molecule has 0 rings (SSSR count). The van der Waals surface area contributed by atoms with E-state index in [1.54, 1.807) is 26.5 Å². The van der Waals surface area contributed by atoms with Crippen molar-refractivity contribution in [1.29, 1.82) is 5.41 Å². The third-order valence-corrected chi connectivity index (χ3v) is 4.45. The number of hydrogen-bond donors (Lipinski definition) is 2. The molecule has 0 aromatic rings. The number of hydrogen-bond acceptors (Lipinski definition) is 6. The molecule has 0 unspecified atom stereocenters. The van der Waals surface area contributed by atoms with Crippen molar-refractivity contribution in [1.82, 2.24) is 0 Å². The van der Waals surface area contributed by atoms with Gasteiger partial charge in [0.15, 0.2) is 0 Å². The minimum Gasteiger partial charge on any atom is -0.377 e. The zero-order chi connectivity index (χ0) is 11.4. The fourth-order valence-electron chi connectivity index (χ4n) is 0.875. The van der Waals surface area contributed by atoms with E-state index in [9.17, 15) is 0 Å². The molecule has 0 aliphatic rings. The van der Waals surface area contributed by atoms with E-state index >= 15 is 0 Å². The van der Waals surface area contributed by atoms with Crippen LogP contribution in [0.5, 0.6) is 0 Å². The largest absolute Gasteiger partial charge is 0.500 e.